The molecule has 0 atom stereocenters. The Morgan fingerprint density at radius 3 is 1.88 bits per heavy atom. The first-order valence-corrected chi connectivity index (χ1v) is 2.23. The van der Waals surface area contributed by atoms with Crippen LogP contribution >= 0.6 is 0 Å². The molecule has 0 spiro atoms. The molecule has 0 radical (unpaired) electrons. The van der Waals surface area contributed by atoms with Crippen molar-refractivity contribution in [2.75, 3.05) is 0 Å². The Kier molecular flexibility index (Phi) is 21.5. The molecule has 0 amide bonds. The standard InChI is InChI=1S/C6H11.BrH.Mg/c1-4-6(3)5-2;;/h4-5H,1-3H3;1H;/q-1;;+2/p-1/b6-4+;;. The van der Waals surface area contributed by atoms with Crippen LogP contribution in [-0.2, 0) is 0 Å². The number of allylic oxidation sites excluding steroid dienone is 2. The van der Waals surface area contributed by atoms with Crippen LogP contribution in [0.1, 0.15) is 20.8 Å². The van der Waals surface area contributed by atoms with Gasteiger partial charge in [-0.1, -0.05) is 6.92 Å². The Bertz CT molecular complexity index is 59.5. The molecule has 0 aliphatic rings. The predicted molar refractivity (Wildman–Crippen MR) is 35.2 cm³/mol. The van der Waals surface area contributed by atoms with E-state index < -0.39 is 0 Å². The van der Waals surface area contributed by atoms with Crippen molar-refractivity contribution in [1.29, 1.82) is 0 Å². The zero-order valence-electron chi connectivity index (χ0n) is 5.74. The van der Waals surface area contributed by atoms with E-state index in [1.54, 1.807) is 0 Å². The van der Waals surface area contributed by atoms with Crippen molar-refractivity contribution in [2.24, 2.45) is 0 Å². The maximum Gasteiger partial charge on any atom is 2.00 e. The SMILES string of the molecule is C/C=C(\C)[CH-]C.[Br-].[Mg+2]. The van der Waals surface area contributed by atoms with Crippen molar-refractivity contribution >= 4 is 23.1 Å². The predicted octanol–water partition coefficient (Wildman–Crippen LogP) is -1.20. The number of rotatable bonds is 1. The average molecular weight is 187 g/mol. The molecule has 0 aromatic rings. The minimum Gasteiger partial charge on any atom is -1.00 e. The van der Waals surface area contributed by atoms with Crippen LogP contribution in [0.2, 0.25) is 0 Å². The molecular weight excluding hydrogens is 176 g/mol. The maximum atomic E-state index is 2.08. The third-order valence-electron chi connectivity index (χ3n) is 0.911. The second-order valence-corrected chi connectivity index (χ2v) is 1.32. The second kappa shape index (κ2) is 10.8. The van der Waals surface area contributed by atoms with Gasteiger partial charge in [-0.3, -0.25) is 0 Å². The molecule has 0 aliphatic carbocycles. The first-order valence-electron chi connectivity index (χ1n) is 2.23. The van der Waals surface area contributed by atoms with Gasteiger partial charge in [0.15, 0.2) is 0 Å². The van der Waals surface area contributed by atoms with E-state index in [-0.39, 0.29) is 40.0 Å². The van der Waals surface area contributed by atoms with Gasteiger partial charge in [0.25, 0.3) is 0 Å². The summed E-state index contributed by atoms with van der Waals surface area (Å²) in [6.07, 6.45) is 4.17. The normalized spacial score (nSPS) is 8.62. The molecule has 0 heterocycles. The molecule has 0 rings (SSSR count). The first-order chi connectivity index (χ1) is 2.81. The van der Waals surface area contributed by atoms with E-state index in [1.165, 1.54) is 5.57 Å². The summed E-state index contributed by atoms with van der Waals surface area (Å²) < 4.78 is 0. The molecule has 0 bridgehead atoms. The van der Waals surface area contributed by atoms with Crippen molar-refractivity contribution in [3.8, 4) is 0 Å². The molecule has 44 valence electrons. The fraction of sp³-hybridized carbons (Fsp3) is 0.500. The Morgan fingerprint density at radius 2 is 1.88 bits per heavy atom. The first kappa shape index (κ1) is 15.9. The topological polar surface area (TPSA) is 0 Å². The fourth-order valence-electron chi connectivity index (χ4n) is 0.167. The molecule has 8 heavy (non-hydrogen) atoms. The molecule has 0 nitrogen and oxygen atoms in total. The summed E-state index contributed by atoms with van der Waals surface area (Å²) in [7, 11) is 0. The Balaban J connectivity index is -0.000000125. The molecule has 0 saturated carbocycles. The molecule has 0 unspecified atom stereocenters. The zero-order valence-corrected chi connectivity index (χ0v) is 8.74. The summed E-state index contributed by atoms with van der Waals surface area (Å²) >= 11 is 0. The molecule has 0 saturated heterocycles. The van der Waals surface area contributed by atoms with Gasteiger partial charge in [-0.25, -0.2) is 18.1 Å². The van der Waals surface area contributed by atoms with Crippen molar-refractivity contribution in [1.82, 2.24) is 0 Å². The van der Waals surface area contributed by atoms with Gasteiger partial charge in [-0.05, 0) is 0 Å². The van der Waals surface area contributed by atoms with Crippen molar-refractivity contribution in [3.05, 3.63) is 18.1 Å². The molecule has 0 aromatic heterocycles. The zero-order chi connectivity index (χ0) is 4.99. The van der Waals surface area contributed by atoms with E-state index in [2.05, 4.69) is 19.4 Å². The van der Waals surface area contributed by atoms with Crippen LogP contribution < -0.4 is 17.0 Å². The van der Waals surface area contributed by atoms with E-state index >= 15 is 0 Å². The Labute approximate surface area is 78.7 Å². The summed E-state index contributed by atoms with van der Waals surface area (Å²) in [6.45, 7) is 6.16. The summed E-state index contributed by atoms with van der Waals surface area (Å²) in [5, 5.41) is 0. The van der Waals surface area contributed by atoms with Crippen molar-refractivity contribution in [3.63, 3.8) is 0 Å². The van der Waals surface area contributed by atoms with Gasteiger partial charge in [0.05, 0.1) is 0 Å². The summed E-state index contributed by atoms with van der Waals surface area (Å²) in [5.74, 6) is 0. The third-order valence-corrected chi connectivity index (χ3v) is 0.911. The smallest absolute Gasteiger partial charge is 1.00 e. The van der Waals surface area contributed by atoms with Crippen LogP contribution in [0.3, 0.4) is 0 Å². The average Bonchev–Trinajstić information content (AvgIpc) is 1.65. The number of halogens is 1. The van der Waals surface area contributed by atoms with E-state index in [1.807, 2.05) is 13.8 Å². The van der Waals surface area contributed by atoms with Crippen LogP contribution in [0.4, 0.5) is 0 Å². The summed E-state index contributed by atoms with van der Waals surface area (Å²) in [5.41, 5.74) is 1.34. The maximum absolute atomic E-state index is 2.08. The van der Waals surface area contributed by atoms with Crippen LogP contribution in [0.15, 0.2) is 11.6 Å². The number of hydrogen-bond donors (Lipinski definition) is 0. The minimum absolute atomic E-state index is 0. The van der Waals surface area contributed by atoms with Crippen molar-refractivity contribution in [2.45, 2.75) is 20.8 Å². The third kappa shape index (κ3) is 9.97. The van der Waals surface area contributed by atoms with Gasteiger partial charge in [-0.15, -0.1) is 13.8 Å². The monoisotopic (exact) mass is 186 g/mol. The van der Waals surface area contributed by atoms with Gasteiger partial charge < -0.3 is 17.0 Å². The molecule has 0 aliphatic heterocycles. The largest absolute Gasteiger partial charge is 2.00 e. The number of hydrogen-bond acceptors (Lipinski definition) is 0. The molecule has 0 N–H and O–H groups in total. The van der Waals surface area contributed by atoms with Gasteiger partial charge in [0.2, 0.25) is 0 Å². The fourth-order valence-corrected chi connectivity index (χ4v) is 0.167. The minimum atomic E-state index is 0. The van der Waals surface area contributed by atoms with E-state index in [4.69, 9.17) is 0 Å². The molecular formula is C6H11BrMg. The van der Waals surface area contributed by atoms with Crippen LogP contribution in [-0.4, -0.2) is 23.1 Å². The van der Waals surface area contributed by atoms with Gasteiger partial charge in [0, 0.05) is 0 Å². The van der Waals surface area contributed by atoms with Gasteiger partial charge >= 0.3 is 23.1 Å². The molecule has 0 fully saturated rings. The van der Waals surface area contributed by atoms with Gasteiger partial charge in [0.1, 0.15) is 0 Å². The Morgan fingerprint density at radius 1 is 1.50 bits per heavy atom. The van der Waals surface area contributed by atoms with E-state index in [0.29, 0.717) is 0 Å². The quantitative estimate of drug-likeness (QED) is 0.357. The van der Waals surface area contributed by atoms with Gasteiger partial charge in [-0.2, -0.15) is 0 Å². The Hall–Kier alpha value is 0.856. The summed E-state index contributed by atoms with van der Waals surface area (Å²) in [6, 6.07) is 0. The van der Waals surface area contributed by atoms with Crippen LogP contribution in [0.5, 0.6) is 0 Å². The summed E-state index contributed by atoms with van der Waals surface area (Å²) in [4.78, 5) is 0. The second-order valence-electron chi connectivity index (χ2n) is 1.32. The van der Waals surface area contributed by atoms with E-state index in [9.17, 15) is 0 Å². The molecule has 2 heteroatoms. The van der Waals surface area contributed by atoms with Crippen LogP contribution in [0, 0.1) is 6.42 Å². The van der Waals surface area contributed by atoms with Crippen molar-refractivity contribution < 1.29 is 17.0 Å². The van der Waals surface area contributed by atoms with E-state index in [0.717, 1.165) is 0 Å². The van der Waals surface area contributed by atoms with Crippen LogP contribution in [0.25, 0.3) is 0 Å². The molecule has 0 aromatic carbocycles.